The van der Waals surface area contributed by atoms with Crippen LogP contribution in [0.5, 0.6) is 0 Å². The average Bonchev–Trinajstić information content (AvgIpc) is 2.40. The Kier molecular flexibility index (Phi) is 10.3. The lowest BCUT2D eigenvalue weighted by Crippen LogP contribution is -2.37. The number of carbonyl (C=O) groups is 1. The fraction of sp³-hybridized carbons (Fsp3) is 0.812. The topological polar surface area (TPSA) is 35.5 Å². The summed E-state index contributed by atoms with van der Waals surface area (Å²) in [5.74, 6) is 0. The molecule has 0 heterocycles. The molecule has 2 radical (unpaired) electrons. The van der Waals surface area contributed by atoms with Gasteiger partial charge in [0.15, 0.2) is 0 Å². The smallest absolute Gasteiger partial charge is 0.438 e. The molecule has 0 aliphatic rings. The largest absolute Gasteiger partial charge is 0.507 e. The third-order valence-corrected chi connectivity index (χ3v) is 11.7. The van der Waals surface area contributed by atoms with Crippen molar-refractivity contribution in [1.82, 2.24) is 0 Å². The molecule has 6 heteroatoms. The minimum atomic E-state index is -1.47. The van der Waals surface area contributed by atoms with Crippen LogP contribution in [0.25, 0.3) is 0 Å². The molecule has 3 nitrogen and oxygen atoms in total. The fourth-order valence-electron chi connectivity index (χ4n) is 1.97. The Bertz CT molecular complexity index is 362. The Morgan fingerprint density at radius 1 is 1.00 bits per heavy atom. The van der Waals surface area contributed by atoms with E-state index >= 15 is 0 Å². The molecule has 0 spiro atoms. The number of carbonyl (C=O) groups excluding carboxylic acids is 1. The summed E-state index contributed by atoms with van der Waals surface area (Å²) in [6.07, 6.45) is 0.0676. The summed E-state index contributed by atoms with van der Waals surface area (Å²) in [7, 11) is -1.61. The minimum Gasteiger partial charge on any atom is -0.438 e. The summed E-state index contributed by atoms with van der Waals surface area (Å²) < 4.78 is 10.1. The molecule has 0 rings (SSSR count). The Hall–Kier alpha value is -0.339. The summed E-state index contributed by atoms with van der Waals surface area (Å²) in [6.45, 7) is 16.1. The van der Waals surface area contributed by atoms with Gasteiger partial charge in [0.2, 0.25) is 0 Å². The first-order valence-electron chi connectivity index (χ1n) is 8.24. The summed E-state index contributed by atoms with van der Waals surface area (Å²) >= 11 is 0. The normalized spacial score (nSPS) is 12.0. The van der Waals surface area contributed by atoms with Crippen molar-refractivity contribution in [3.8, 4) is 0 Å². The quantitative estimate of drug-likeness (QED) is 0.307. The van der Waals surface area contributed by atoms with Crippen molar-refractivity contribution in [3.05, 3.63) is 11.3 Å². The zero-order valence-corrected chi connectivity index (χ0v) is 18.5. The lowest BCUT2D eigenvalue weighted by atomic mass is 10.4. The molecule has 0 aliphatic heterocycles. The monoisotopic (exact) mass is 358 g/mol. The van der Waals surface area contributed by atoms with E-state index in [-0.39, 0.29) is 0 Å². The highest BCUT2D eigenvalue weighted by molar-refractivity contribution is 6.83. The molecule has 0 bridgehead atoms. The van der Waals surface area contributed by atoms with Crippen LogP contribution in [0.15, 0.2) is 11.3 Å². The Morgan fingerprint density at radius 3 is 2.14 bits per heavy atom. The van der Waals surface area contributed by atoms with Gasteiger partial charge in [-0.15, -0.1) is 5.70 Å². The number of hydrogen-bond acceptors (Lipinski definition) is 3. The number of rotatable bonds is 10. The molecular weight excluding hydrogens is 324 g/mol. The molecule has 0 aromatic heterocycles. The van der Waals surface area contributed by atoms with E-state index in [0.717, 1.165) is 9.52 Å². The first-order chi connectivity index (χ1) is 10.1. The van der Waals surface area contributed by atoms with Gasteiger partial charge in [0, 0.05) is 8.07 Å². The van der Waals surface area contributed by atoms with E-state index in [1.807, 2.05) is 0 Å². The predicted molar refractivity (Wildman–Crippen MR) is 102 cm³/mol. The molecule has 0 aromatic carbocycles. The zero-order valence-electron chi connectivity index (χ0n) is 15.5. The first-order valence-corrected chi connectivity index (χ1v) is 16.4. The molecule has 0 saturated heterocycles. The zero-order chi connectivity index (χ0) is 17.2. The van der Waals surface area contributed by atoms with Gasteiger partial charge in [-0.1, -0.05) is 55.9 Å². The van der Waals surface area contributed by atoms with Crippen molar-refractivity contribution in [3.63, 3.8) is 0 Å². The molecule has 0 unspecified atom stereocenters. The van der Waals surface area contributed by atoms with E-state index in [1.54, 1.807) is 6.92 Å². The van der Waals surface area contributed by atoms with Gasteiger partial charge >= 0.3 is 6.16 Å². The standard InChI is InChI=1S/C16H34O3Si3/c1-8-18-16(17)19-14-22(6,7)12-11-21(4,5)10-9-20-13-15(2)3/h13H,8-12,14H2,1-7H3. The van der Waals surface area contributed by atoms with Crippen molar-refractivity contribution < 1.29 is 14.3 Å². The van der Waals surface area contributed by atoms with Crippen LogP contribution < -0.4 is 0 Å². The molecular formula is C16H34O3Si3. The van der Waals surface area contributed by atoms with Gasteiger partial charge in [-0.2, -0.15) is 0 Å². The number of allylic oxidation sites excluding steroid dienone is 1. The van der Waals surface area contributed by atoms with Crippen LogP contribution in [0.4, 0.5) is 4.79 Å². The second-order valence-electron chi connectivity index (χ2n) is 7.73. The Balaban J connectivity index is 4.09. The van der Waals surface area contributed by atoms with E-state index in [9.17, 15) is 4.79 Å². The predicted octanol–water partition coefficient (Wildman–Crippen LogP) is 5.16. The van der Waals surface area contributed by atoms with Crippen LogP contribution in [0.1, 0.15) is 20.8 Å². The van der Waals surface area contributed by atoms with Crippen molar-refractivity contribution in [2.24, 2.45) is 0 Å². The molecule has 0 N–H and O–H groups in total. The highest BCUT2D eigenvalue weighted by Crippen LogP contribution is 2.25. The van der Waals surface area contributed by atoms with Gasteiger partial charge in [0.05, 0.1) is 30.4 Å². The van der Waals surface area contributed by atoms with E-state index < -0.39 is 22.3 Å². The van der Waals surface area contributed by atoms with Gasteiger partial charge in [-0.3, -0.25) is 0 Å². The van der Waals surface area contributed by atoms with Gasteiger partial charge < -0.3 is 9.47 Å². The van der Waals surface area contributed by atoms with Crippen LogP contribution in [0.3, 0.4) is 0 Å². The van der Waals surface area contributed by atoms with E-state index in [4.69, 9.17) is 9.47 Å². The van der Waals surface area contributed by atoms with Gasteiger partial charge in [0.25, 0.3) is 0 Å². The van der Waals surface area contributed by atoms with Gasteiger partial charge in [0.1, 0.15) is 0 Å². The number of ether oxygens (including phenoxy) is 2. The number of hydrogen-bond donors (Lipinski definition) is 0. The molecule has 0 fully saturated rings. The van der Waals surface area contributed by atoms with E-state index in [0.29, 0.717) is 12.8 Å². The lowest BCUT2D eigenvalue weighted by Gasteiger charge is -2.28. The molecule has 0 saturated carbocycles. The van der Waals surface area contributed by atoms with Crippen LogP contribution in [0, 0.1) is 0 Å². The molecule has 22 heavy (non-hydrogen) atoms. The van der Waals surface area contributed by atoms with Crippen molar-refractivity contribution >= 4 is 31.8 Å². The second-order valence-corrected chi connectivity index (χ2v) is 19.4. The molecule has 0 amide bonds. The fourth-order valence-corrected chi connectivity index (χ4v) is 12.1. The first kappa shape index (κ1) is 21.7. The van der Waals surface area contributed by atoms with Crippen molar-refractivity contribution in [2.45, 2.75) is 71.1 Å². The summed E-state index contributed by atoms with van der Waals surface area (Å²) in [4.78, 5) is 11.3. The second kappa shape index (κ2) is 10.4. The maximum absolute atomic E-state index is 11.3. The van der Waals surface area contributed by atoms with Crippen molar-refractivity contribution in [2.75, 3.05) is 12.8 Å². The Labute approximate surface area is 141 Å². The third kappa shape index (κ3) is 12.2. The molecule has 0 atom stereocenters. The summed E-state index contributed by atoms with van der Waals surface area (Å²) in [6, 6.07) is 5.33. The van der Waals surface area contributed by atoms with E-state index in [2.05, 4.69) is 45.7 Å². The maximum atomic E-state index is 11.3. The van der Waals surface area contributed by atoms with Gasteiger partial charge in [-0.25, -0.2) is 4.79 Å². The van der Waals surface area contributed by atoms with Crippen LogP contribution in [-0.2, 0) is 9.47 Å². The molecule has 0 aromatic rings. The highest BCUT2D eigenvalue weighted by Gasteiger charge is 2.28. The third-order valence-electron chi connectivity index (χ3n) is 3.66. The van der Waals surface area contributed by atoms with E-state index in [1.165, 1.54) is 29.7 Å². The molecule has 0 aliphatic carbocycles. The van der Waals surface area contributed by atoms with Crippen LogP contribution in [-0.4, -0.2) is 44.7 Å². The Morgan fingerprint density at radius 2 is 1.59 bits per heavy atom. The SMILES string of the molecule is CCOC(=O)OC[Si](C)(C)CC[Si](C)(C)CC[Si]C=C(C)C. The summed E-state index contributed by atoms with van der Waals surface area (Å²) in [5, 5.41) is 0. The van der Waals surface area contributed by atoms with Gasteiger partial charge in [-0.05, 0) is 20.8 Å². The lowest BCUT2D eigenvalue weighted by molar-refractivity contribution is 0.0702. The van der Waals surface area contributed by atoms with Crippen LogP contribution >= 0.6 is 0 Å². The average molecular weight is 359 g/mol. The molecule has 128 valence electrons. The van der Waals surface area contributed by atoms with Crippen LogP contribution in [0.2, 0.25) is 50.4 Å². The maximum Gasteiger partial charge on any atom is 0.507 e. The summed E-state index contributed by atoms with van der Waals surface area (Å²) in [5.41, 5.74) is 3.80. The highest BCUT2D eigenvalue weighted by atomic mass is 28.3. The van der Waals surface area contributed by atoms with Crippen molar-refractivity contribution in [1.29, 1.82) is 0 Å². The minimum absolute atomic E-state index is 0.382.